The summed E-state index contributed by atoms with van der Waals surface area (Å²) in [5.74, 6) is 2.51. The van der Waals surface area contributed by atoms with Gasteiger partial charge in [-0.15, -0.1) is 0 Å². The van der Waals surface area contributed by atoms with Crippen LogP contribution in [0.25, 0.3) is 60.1 Å². The lowest BCUT2D eigenvalue weighted by molar-refractivity contribution is -0.643. The van der Waals surface area contributed by atoms with E-state index in [1.165, 1.54) is 96.9 Å². The van der Waals surface area contributed by atoms with Crippen LogP contribution in [0.15, 0.2) is 79.0 Å². The van der Waals surface area contributed by atoms with E-state index in [-0.39, 0.29) is 0 Å². The van der Waals surface area contributed by atoms with Crippen molar-refractivity contribution in [1.29, 1.82) is 0 Å². The van der Waals surface area contributed by atoms with E-state index in [4.69, 9.17) is 0 Å². The molecule has 0 amide bonds. The number of pyridine rings is 2. The molecule has 2 aliphatic rings. The third-order valence-electron chi connectivity index (χ3n) is 10.6. The first-order valence-electron chi connectivity index (χ1n) is 14.7. The molecule has 2 fully saturated rings. The lowest BCUT2D eigenvalue weighted by Crippen LogP contribution is -2.29. The van der Waals surface area contributed by atoms with E-state index in [0.29, 0.717) is 5.92 Å². The van der Waals surface area contributed by atoms with E-state index < -0.39 is 0 Å². The molecule has 4 aromatic carbocycles. The Kier molecular flexibility index (Phi) is 4.28. The van der Waals surface area contributed by atoms with Gasteiger partial charge in [-0.3, -0.25) is 0 Å². The van der Waals surface area contributed by atoms with Gasteiger partial charge in [0.25, 0.3) is 0 Å². The van der Waals surface area contributed by atoms with E-state index in [1.807, 2.05) is 0 Å². The molecule has 0 radical (unpaired) electrons. The topological polar surface area (TPSA) is 8.29 Å². The summed E-state index contributed by atoms with van der Waals surface area (Å²) in [6, 6.07) is 27.9. The molecule has 7 aromatic rings. The normalized spacial score (nSPS) is 21.1. The number of rotatable bonds is 2. The minimum Gasteiger partial charge on any atom is -0.307 e. The molecule has 0 aliphatic heterocycles. The summed E-state index contributed by atoms with van der Waals surface area (Å²) in [6.07, 6.45) is 7.95. The van der Waals surface area contributed by atoms with Crippen LogP contribution in [0, 0.1) is 25.7 Å². The van der Waals surface area contributed by atoms with Crippen LogP contribution in [0.3, 0.4) is 0 Å². The van der Waals surface area contributed by atoms with Crippen molar-refractivity contribution in [2.24, 2.45) is 18.9 Å². The second-order valence-electron chi connectivity index (χ2n) is 12.6. The molecule has 9 rings (SSSR count). The molecule has 3 heterocycles. The number of benzene rings is 4. The Morgan fingerprint density at radius 3 is 2.44 bits per heavy atom. The molecule has 2 saturated carbocycles. The highest BCUT2D eigenvalue weighted by atomic mass is 15.0. The predicted octanol–water partition coefficient (Wildman–Crippen LogP) is 9.00. The molecule has 190 valence electrons. The number of aryl methyl sites for hydroxylation is 3. The number of nitrogens with zero attached hydrogens (tertiary/aromatic N) is 2. The molecule has 3 atom stereocenters. The van der Waals surface area contributed by atoms with E-state index in [0.717, 1.165) is 11.8 Å². The van der Waals surface area contributed by atoms with Crippen molar-refractivity contribution < 1.29 is 4.57 Å². The predicted molar refractivity (Wildman–Crippen MR) is 163 cm³/mol. The fraction of sp³-hybridized carbons (Fsp3) is 0.270. The molecule has 0 saturated heterocycles. The number of fused-ring (bicyclic) bond motifs is 7. The van der Waals surface area contributed by atoms with Gasteiger partial charge in [-0.25, -0.2) is 4.57 Å². The highest BCUT2D eigenvalue weighted by Crippen LogP contribution is 2.54. The van der Waals surface area contributed by atoms with E-state index in [2.05, 4.69) is 109 Å². The van der Waals surface area contributed by atoms with Crippen LogP contribution >= 0.6 is 0 Å². The molecule has 39 heavy (non-hydrogen) atoms. The lowest BCUT2D eigenvalue weighted by Gasteiger charge is -2.23. The van der Waals surface area contributed by atoms with Crippen LogP contribution in [0.5, 0.6) is 0 Å². The smallest absolute Gasteiger partial charge is 0.224 e. The first kappa shape index (κ1) is 22.0. The summed E-state index contributed by atoms with van der Waals surface area (Å²) >= 11 is 0. The lowest BCUT2D eigenvalue weighted by atomic mass is 9.82. The standard InChI is InChI=1S/C37H33N2/c1-21-15-31-29-12-11-25(24-7-5-4-6-8-24)19-32(29)39-33-20-28(30-17-23-9-10-26(30)16-23)18-27-13-14-38(3)37(35(27)33)34(22(21)2)36(31)39/h4-8,11-15,18-20,23,26,30H,9-10,16-17H2,1-3H3/q+1. The van der Waals surface area contributed by atoms with Gasteiger partial charge in [0, 0.05) is 16.8 Å². The Morgan fingerprint density at radius 1 is 0.769 bits per heavy atom. The molecule has 0 N–H and O–H groups in total. The third kappa shape index (κ3) is 2.84. The van der Waals surface area contributed by atoms with Crippen molar-refractivity contribution in [3.63, 3.8) is 0 Å². The Balaban J connectivity index is 1.50. The number of hydrogen-bond acceptors (Lipinski definition) is 0. The van der Waals surface area contributed by atoms with Gasteiger partial charge in [0.1, 0.15) is 7.05 Å². The molecule has 2 bridgehead atoms. The van der Waals surface area contributed by atoms with Crippen LogP contribution in [-0.2, 0) is 7.05 Å². The molecular weight excluding hydrogens is 472 g/mol. The van der Waals surface area contributed by atoms with Gasteiger partial charge in [-0.2, -0.15) is 0 Å². The first-order valence-corrected chi connectivity index (χ1v) is 14.7. The number of hydrogen-bond donors (Lipinski definition) is 0. The molecule has 3 aromatic heterocycles. The van der Waals surface area contributed by atoms with Crippen LogP contribution in [0.4, 0.5) is 0 Å². The van der Waals surface area contributed by atoms with Crippen molar-refractivity contribution in [2.45, 2.75) is 45.4 Å². The Morgan fingerprint density at radius 2 is 1.64 bits per heavy atom. The quantitative estimate of drug-likeness (QED) is 0.126. The van der Waals surface area contributed by atoms with Crippen LogP contribution in [0.2, 0.25) is 0 Å². The monoisotopic (exact) mass is 505 g/mol. The average molecular weight is 506 g/mol. The highest BCUT2D eigenvalue weighted by molar-refractivity contribution is 6.26. The zero-order valence-electron chi connectivity index (χ0n) is 23.0. The molecule has 2 nitrogen and oxygen atoms in total. The largest absolute Gasteiger partial charge is 0.307 e. The molecule has 3 unspecified atom stereocenters. The summed E-state index contributed by atoms with van der Waals surface area (Å²) in [5.41, 5.74) is 12.3. The van der Waals surface area contributed by atoms with Crippen LogP contribution in [0.1, 0.15) is 48.3 Å². The Hall–Kier alpha value is -3.91. The first-order chi connectivity index (χ1) is 19.1. The molecule has 2 heteroatoms. The van der Waals surface area contributed by atoms with Gasteiger partial charge in [0.05, 0.1) is 27.3 Å². The molecule has 2 aliphatic carbocycles. The summed E-state index contributed by atoms with van der Waals surface area (Å²) in [4.78, 5) is 0. The second kappa shape index (κ2) is 7.60. The van der Waals surface area contributed by atoms with Gasteiger partial charge in [0.2, 0.25) is 5.52 Å². The zero-order chi connectivity index (χ0) is 26.0. The summed E-state index contributed by atoms with van der Waals surface area (Å²) < 4.78 is 4.99. The van der Waals surface area contributed by atoms with Crippen molar-refractivity contribution >= 4 is 49.0 Å². The van der Waals surface area contributed by atoms with Gasteiger partial charge < -0.3 is 4.40 Å². The van der Waals surface area contributed by atoms with Crippen molar-refractivity contribution in [2.75, 3.05) is 0 Å². The van der Waals surface area contributed by atoms with Gasteiger partial charge in [0.15, 0.2) is 6.20 Å². The van der Waals surface area contributed by atoms with Gasteiger partial charge in [-0.1, -0.05) is 55.0 Å². The van der Waals surface area contributed by atoms with E-state index >= 15 is 0 Å². The Bertz CT molecular complexity index is 2110. The van der Waals surface area contributed by atoms with Gasteiger partial charge in [-0.05, 0) is 102 Å². The minimum atomic E-state index is 0.708. The van der Waals surface area contributed by atoms with Crippen molar-refractivity contribution in [1.82, 2.24) is 4.40 Å². The Labute approximate surface area is 228 Å². The fourth-order valence-electron chi connectivity index (χ4n) is 8.60. The maximum atomic E-state index is 2.63. The number of aromatic nitrogens is 2. The van der Waals surface area contributed by atoms with Crippen molar-refractivity contribution in [3.05, 3.63) is 95.7 Å². The maximum Gasteiger partial charge on any atom is 0.224 e. The average Bonchev–Trinajstić information content (AvgIpc) is 3.68. The third-order valence-corrected chi connectivity index (χ3v) is 10.6. The van der Waals surface area contributed by atoms with E-state index in [9.17, 15) is 0 Å². The summed E-state index contributed by atoms with van der Waals surface area (Å²) in [7, 11) is 2.22. The van der Waals surface area contributed by atoms with Crippen LogP contribution < -0.4 is 4.57 Å². The summed E-state index contributed by atoms with van der Waals surface area (Å²) in [6.45, 7) is 4.59. The SMILES string of the molecule is Cc1cc2c3ccc(-c4ccccc4)cc3n3c4cc(C5CC6CCC5C6)cc5cc[n+](C)c(c(c1C)c23)c54. The fourth-order valence-corrected chi connectivity index (χ4v) is 8.60. The van der Waals surface area contributed by atoms with Crippen molar-refractivity contribution in [3.8, 4) is 11.1 Å². The molecule has 0 spiro atoms. The van der Waals surface area contributed by atoms with Crippen LogP contribution in [-0.4, -0.2) is 4.40 Å². The highest BCUT2D eigenvalue weighted by Gasteiger charge is 2.40. The summed E-state index contributed by atoms with van der Waals surface area (Å²) in [5, 5.41) is 6.91. The minimum absolute atomic E-state index is 0.708. The maximum absolute atomic E-state index is 2.63. The second-order valence-corrected chi connectivity index (χ2v) is 12.6. The van der Waals surface area contributed by atoms with E-state index in [1.54, 1.807) is 5.56 Å². The van der Waals surface area contributed by atoms with Gasteiger partial charge >= 0.3 is 0 Å². The zero-order valence-corrected chi connectivity index (χ0v) is 23.0. The molecular formula is C37H33N2+.